The van der Waals surface area contributed by atoms with Crippen LogP contribution in [0.5, 0.6) is 0 Å². The van der Waals surface area contributed by atoms with Gasteiger partial charge in [-0.3, -0.25) is 4.79 Å². The molecule has 0 fully saturated rings. The minimum atomic E-state index is -0.0918. The summed E-state index contributed by atoms with van der Waals surface area (Å²) < 4.78 is 0. The van der Waals surface area contributed by atoms with Gasteiger partial charge in [-0.25, -0.2) is 9.97 Å². The van der Waals surface area contributed by atoms with E-state index in [1.54, 1.807) is 0 Å². The van der Waals surface area contributed by atoms with Gasteiger partial charge in [0.15, 0.2) is 0 Å². The van der Waals surface area contributed by atoms with E-state index in [4.69, 9.17) is 0 Å². The van der Waals surface area contributed by atoms with Crippen LogP contribution in [0.2, 0.25) is 0 Å². The fourth-order valence-electron chi connectivity index (χ4n) is 1.81. The number of amides is 1. The molecule has 2 aromatic rings. The van der Waals surface area contributed by atoms with Crippen molar-refractivity contribution >= 4 is 23.1 Å². The molecule has 2 rings (SSSR count). The number of aryl methyl sites for hydroxylation is 2. The van der Waals surface area contributed by atoms with Crippen LogP contribution in [0, 0.1) is 13.8 Å². The highest BCUT2D eigenvalue weighted by molar-refractivity contribution is 5.89. The Morgan fingerprint density at radius 2 is 1.84 bits per heavy atom. The Balaban J connectivity index is 2.20. The first-order valence-corrected chi connectivity index (χ1v) is 6.00. The maximum absolute atomic E-state index is 11.0. The van der Waals surface area contributed by atoms with E-state index in [1.807, 2.05) is 44.2 Å². The molecule has 1 aromatic heterocycles. The number of benzene rings is 1. The number of rotatable bonds is 3. The van der Waals surface area contributed by atoms with Crippen molar-refractivity contribution in [2.45, 2.75) is 20.8 Å². The van der Waals surface area contributed by atoms with Crippen LogP contribution in [0.4, 0.5) is 17.2 Å². The standard InChI is InChI=1S/C14H16N4O/c1-9-7-14(16-10(2)15-9)18-13-6-4-5-12(8-13)17-11(3)19/h4-8H,1-3H3,(H,17,19)(H,15,16,18). The lowest BCUT2D eigenvalue weighted by molar-refractivity contribution is -0.114. The van der Waals surface area contributed by atoms with E-state index < -0.39 is 0 Å². The van der Waals surface area contributed by atoms with E-state index in [0.29, 0.717) is 0 Å². The van der Waals surface area contributed by atoms with Crippen molar-refractivity contribution in [3.8, 4) is 0 Å². The van der Waals surface area contributed by atoms with Crippen LogP contribution in [0.1, 0.15) is 18.4 Å². The van der Waals surface area contributed by atoms with E-state index in [9.17, 15) is 4.79 Å². The molecule has 98 valence electrons. The number of nitrogens with one attached hydrogen (secondary N) is 2. The molecule has 5 nitrogen and oxygen atoms in total. The minimum absolute atomic E-state index is 0.0918. The van der Waals surface area contributed by atoms with Crippen LogP contribution in [-0.2, 0) is 4.79 Å². The van der Waals surface area contributed by atoms with Gasteiger partial charge in [0.05, 0.1) is 0 Å². The number of hydrogen-bond acceptors (Lipinski definition) is 4. The quantitative estimate of drug-likeness (QED) is 0.886. The second-order valence-corrected chi connectivity index (χ2v) is 4.33. The van der Waals surface area contributed by atoms with Crippen LogP contribution in [0.25, 0.3) is 0 Å². The fourth-order valence-corrected chi connectivity index (χ4v) is 1.81. The molecule has 1 amide bonds. The number of carbonyl (C=O) groups excluding carboxylic acids is 1. The SMILES string of the molecule is CC(=O)Nc1cccc(Nc2cc(C)nc(C)n2)c1. The predicted molar refractivity (Wildman–Crippen MR) is 75.5 cm³/mol. The third kappa shape index (κ3) is 3.77. The van der Waals surface area contributed by atoms with Crippen molar-refractivity contribution in [2.75, 3.05) is 10.6 Å². The van der Waals surface area contributed by atoms with Gasteiger partial charge >= 0.3 is 0 Å². The van der Waals surface area contributed by atoms with Crippen LogP contribution in [0.3, 0.4) is 0 Å². The molecule has 0 radical (unpaired) electrons. The van der Waals surface area contributed by atoms with Crippen molar-refractivity contribution < 1.29 is 4.79 Å². The first-order valence-electron chi connectivity index (χ1n) is 6.00. The molecule has 1 heterocycles. The third-order valence-electron chi connectivity index (χ3n) is 2.42. The molecule has 0 atom stereocenters. The predicted octanol–water partition coefficient (Wildman–Crippen LogP) is 2.80. The van der Waals surface area contributed by atoms with Gasteiger partial charge in [-0.15, -0.1) is 0 Å². The summed E-state index contributed by atoms with van der Waals surface area (Å²) in [7, 11) is 0. The van der Waals surface area contributed by atoms with Gasteiger partial charge in [0.2, 0.25) is 5.91 Å². The largest absolute Gasteiger partial charge is 0.340 e. The van der Waals surface area contributed by atoms with Crippen LogP contribution in [-0.4, -0.2) is 15.9 Å². The molecule has 2 N–H and O–H groups in total. The molecule has 0 bridgehead atoms. The zero-order valence-electron chi connectivity index (χ0n) is 11.2. The highest BCUT2D eigenvalue weighted by Crippen LogP contribution is 2.19. The molecule has 1 aromatic carbocycles. The van der Waals surface area contributed by atoms with Crippen molar-refractivity contribution in [1.82, 2.24) is 9.97 Å². The van der Waals surface area contributed by atoms with Gasteiger partial charge in [-0.05, 0) is 32.0 Å². The maximum Gasteiger partial charge on any atom is 0.221 e. The lowest BCUT2D eigenvalue weighted by atomic mass is 10.2. The molecule has 0 aliphatic carbocycles. The molecular formula is C14H16N4O. The van der Waals surface area contributed by atoms with Crippen molar-refractivity contribution in [3.63, 3.8) is 0 Å². The molecule has 0 aliphatic rings. The number of aromatic nitrogens is 2. The van der Waals surface area contributed by atoms with E-state index in [-0.39, 0.29) is 5.91 Å². The summed E-state index contributed by atoms with van der Waals surface area (Å²) in [5.74, 6) is 1.37. The van der Waals surface area contributed by atoms with Crippen molar-refractivity contribution in [1.29, 1.82) is 0 Å². The average molecular weight is 256 g/mol. The topological polar surface area (TPSA) is 66.9 Å². The lowest BCUT2D eigenvalue weighted by Crippen LogP contribution is -2.06. The summed E-state index contributed by atoms with van der Waals surface area (Å²) in [5.41, 5.74) is 2.52. The van der Waals surface area contributed by atoms with Crippen LogP contribution in [0.15, 0.2) is 30.3 Å². The molecule has 5 heteroatoms. The molecular weight excluding hydrogens is 240 g/mol. The zero-order chi connectivity index (χ0) is 13.8. The Labute approximate surface area is 112 Å². The number of nitrogens with zero attached hydrogens (tertiary/aromatic N) is 2. The average Bonchev–Trinajstić information content (AvgIpc) is 2.26. The summed E-state index contributed by atoms with van der Waals surface area (Å²) >= 11 is 0. The maximum atomic E-state index is 11.0. The second-order valence-electron chi connectivity index (χ2n) is 4.33. The Morgan fingerprint density at radius 1 is 1.11 bits per heavy atom. The van der Waals surface area contributed by atoms with E-state index >= 15 is 0 Å². The fraction of sp³-hybridized carbons (Fsp3) is 0.214. The first kappa shape index (κ1) is 13.0. The summed E-state index contributed by atoms with van der Waals surface area (Å²) in [6, 6.07) is 9.35. The summed E-state index contributed by atoms with van der Waals surface area (Å²) in [6.45, 7) is 5.26. The summed E-state index contributed by atoms with van der Waals surface area (Å²) in [4.78, 5) is 19.6. The van der Waals surface area contributed by atoms with Crippen LogP contribution >= 0.6 is 0 Å². The van der Waals surface area contributed by atoms with Gasteiger partial charge in [0.25, 0.3) is 0 Å². The normalized spacial score (nSPS) is 10.1. The molecule has 0 saturated heterocycles. The van der Waals surface area contributed by atoms with Crippen LogP contribution < -0.4 is 10.6 Å². The lowest BCUT2D eigenvalue weighted by Gasteiger charge is -2.09. The molecule has 0 saturated carbocycles. The molecule has 0 spiro atoms. The second kappa shape index (κ2) is 5.48. The Kier molecular flexibility index (Phi) is 3.75. The summed E-state index contributed by atoms with van der Waals surface area (Å²) in [5, 5.41) is 5.94. The van der Waals surface area contributed by atoms with Gasteiger partial charge in [-0.2, -0.15) is 0 Å². The van der Waals surface area contributed by atoms with Gasteiger partial charge in [0, 0.05) is 30.1 Å². The number of carbonyl (C=O) groups is 1. The smallest absolute Gasteiger partial charge is 0.221 e. The zero-order valence-corrected chi connectivity index (χ0v) is 11.2. The Bertz CT molecular complexity index is 590. The minimum Gasteiger partial charge on any atom is -0.340 e. The van der Waals surface area contributed by atoms with Gasteiger partial charge in [0.1, 0.15) is 11.6 Å². The van der Waals surface area contributed by atoms with E-state index in [2.05, 4.69) is 20.6 Å². The first-order chi connectivity index (χ1) is 9.02. The Hall–Kier alpha value is -2.43. The highest BCUT2D eigenvalue weighted by atomic mass is 16.1. The third-order valence-corrected chi connectivity index (χ3v) is 2.42. The molecule has 0 unspecified atom stereocenters. The highest BCUT2D eigenvalue weighted by Gasteiger charge is 2.01. The Morgan fingerprint density at radius 3 is 2.53 bits per heavy atom. The van der Waals surface area contributed by atoms with Crippen molar-refractivity contribution in [3.05, 3.63) is 41.9 Å². The van der Waals surface area contributed by atoms with Gasteiger partial charge in [-0.1, -0.05) is 6.07 Å². The van der Waals surface area contributed by atoms with E-state index in [0.717, 1.165) is 28.7 Å². The molecule has 19 heavy (non-hydrogen) atoms. The molecule has 0 aliphatic heterocycles. The van der Waals surface area contributed by atoms with E-state index in [1.165, 1.54) is 6.92 Å². The monoisotopic (exact) mass is 256 g/mol. The number of hydrogen-bond donors (Lipinski definition) is 2. The summed E-state index contributed by atoms with van der Waals surface area (Å²) in [6.07, 6.45) is 0. The van der Waals surface area contributed by atoms with Crippen molar-refractivity contribution in [2.24, 2.45) is 0 Å². The number of anilines is 3. The van der Waals surface area contributed by atoms with Gasteiger partial charge < -0.3 is 10.6 Å².